The maximum absolute atomic E-state index is 11.9. The minimum Gasteiger partial charge on any atom is -0.497 e. The third-order valence-corrected chi connectivity index (χ3v) is 3.98. The van der Waals surface area contributed by atoms with Crippen LogP contribution >= 0.6 is 0 Å². The Bertz CT molecular complexity index is 757. The van der Waals surface area contributed by atoms with Gasteiger partial charge in [0.1, 0.15) is 24.1 Å². The van der Waals surface area contributed by atoms with Crippen LogP contribution in [0.2, 0.25) is 0 Å². The van der Waals surface area contributed by atoms with E-state index >= 15 is 0 Å². The molecular formula is C21H25NO6. The molecular weight excluding hydrogens is 362 g/mol. The molecule has 0 saturated carbocycles. The molecule has 0 aromatic heterocycles. The van der Waals surface area contributed by atoms with Gasteiger partial charge in [0.2, 0.25) is 0 Å². The Morgan fingerprint density at radius 2 is 1.54 bits per heavy atom. The highest BCUT2D eigenvalue weighted by atomic mass is 16.6. The summed E-state index contributed by atoms with van der Waals surface area (Å²) in [4.78, 5) is 23.5. The van der Waals surface area contributed by atoms with E-state index in [-0.39, 0.29) is 13.0 Å². The Balaban J connectivity index is 1.93. The summed E-state index contributed by atoms with van der Waals surface area (Å²) in [6.07, 6.45) is -0.373. The monoisotopic (exact) mass is 387 g/mol. The number of rotatable bonds is 9. The van der Waals surface area contributed by atoms with E-state index in [0.29, 0.717) is 12.4 Å². The molecule has 1 amide bonds. The molecule has 2 rings (SSSR count). The standard InChI is InChI=1S/C21H25NO6/c1-4-27-21(24)22-19(20(23)26-3)13-15-5-11-18(12-6-15)28-14-16-7-9-17(25-2)10-8-16/h5-12,19H,4,13-14H2,1-3H3,(H,22,24)/t19-/m0/s1. The molecule has 0 saturated heterocycles. The topological polar surface area (TPSA) is 83.1 Å². The fraction of sp³-hybridized carbons (Fsp3) is 0.333. The zero-order valence-corrected chi connectivity index (χ0v) is 16.3. The SMILES string of the molecule is CCOC(=O)N[C@@H](Cc1ccc(OCc2ccc(OC)cc2)cc1)C(=O)OC. The number of esters is 1. The predicted molar refractivity (Wildman–Crippen MR) is 103 cm³/mol. The number of carbonyl (C=O) groups is 2. The molecule has 1 atom stereocenters. The van der Waals surface area contributed by atoms with Crippen LogP contribution in [0.5, 0.6) is 11.5 Å². The molecule has 0 radical (unpaired) electrons. The quantitative estimate of drug-likeness (QED) is 0.666. The highest BCUT2D eigenvalue weighted by molar-refractivity contribution is 5.81. The number of nitrogens with one attached hydrogen (secondary N) is 1. The first-order chi connectivity index (χ1) is 13.5. The zero-order chi connectivity index (χ0) is 20.4. The van der Waals surface area contributed by atoms with Gasteiger partial charge in [-0.2, -0.15) is 0 Å². The van der Waals surface area contributed by atoms with Crippen molar-refractivity contribution < 1.29 is 28.5 Å². The summed E-state index contributed by atoms with van der Waals surface area (Å²) in [7, 11) is 2.90. The van der Waals surface area contributed by atoms with Crippen LogP contribution in [0.1, 0.15) is 18.1 Å². The van der Waals surface area contributed by atoms with Crippen LogP contribution in [0, 0.1) is 0 Å². The fourth-order valence-electron chi connectivity index (χ4n) is 2.50. The lowest BCUT2D eigenvalue weighted by Crippen LogP contribution is -2.43. The maximum atomic E-state index is 11.9. The van der Waals surface area contributed by atoms with Gasteiger partial charge in [0, 0.05) is 6.42 Å². The van der Waals surface area contributed by atoms with E-state index in [1.807, 2.05) is 48.5 Å². The van der Waals surface area contributed by atoms with E-state index in [0.717, 1.165) is 16.9 Å². The van der Waals surface area contributed by atoms with Crippen molar-refractivity contribution in [1.29, 1.82) is 0 Å². The van der Waals surface area contributed by atoms with Crippen molar-refractivity contribution in [2.45, 2.75) is 26.0 Å². The lowest BCUT2D eigenvalue weighted by Gasteiger charge is -2.16. The van der Waals surface area contributed by atoms with Crippen molar-refractivity contribution in [1.82, 2.24) is 5.32 Å². The molecule has 1 N–H and O–H groups in total. The average molecular weight is 387 g/mol. The first-order valence-electron chi connectivity index (χ1n) is 8.91. The Morgan fingerprint density at radius 3 is 2.11 bits per heavy atom. The second kappa shape index (κ2) is 10.8. The number of hydrogen-bond donors (Lipinski definition) is 1. The third-order valence-electron chi connectivity index (χ3n) is 3.98. The smallest absolute Gasteiger partial charge is 0.407 e. The summed E-state index contributed by atoms with van der Waals surface area (Å²) in [5.41, 5.74) is 1.87. The molecule has 28 heavy (non-hydrogen) atoms. The molecule has 0 aliphatic heterocycles. The molecule has 150 valence electrons. The van der Waals surface area contributed by atoms with E-state index < -0.39 is 18.1 Å². The number of ether oxygens (including phenoxy) is 4. The molecule has 7 nitrogen and oxygen atoms in total. The van der Waals surface area contributed by atoms with Gasteiger partial charge >= 0.3 is 12.1 Å². The van der Waals surface area contributed by atoms with E-state index in [1.54, 1.807) is 14.0 Å². The number of carbonyl (C=O) groups excluding carboxylic acids is 2. The van der Waals surface area contributed by atoms with E-state index in [2.05, 4.69) is 5.32 Å². The summed E-state index contributed by atoms with van der Waals surface area (Å²) >= 11 is 0. The van der Waals surface area contributed by atoms with Crippen LogP contribution in [0.15, 0.2) is 48.5 Å². The van der Waals surface area contributed by atoms with Gasteiger partial charge in [-0.15, -0.1) is 0 Å². The van der Waals surface area contributed by atoms with Crippen LogP contribution in [0.3, 0.4) is 0 Å². The van der Waals surface area contributed by atoms with Gasteiger partial charge in [-0.1, -0.05) is 24.3 Å². The minimum atomic E-state index is -0.824. The lowest BCUT2D eigenvalue weighted by molar-refractivity contribution is -0.142. The molecule has 0 aliphatic rings. The number of methoxy groups -OCH3 is 2. The van der Waals surface area contributed by atoms with Crippen molar-refractivity contribution in [3.63, 3.8) is 0 Å². The van der Waals surface area contributed by atoms with Crippen molar-refractivity contribution in [3.05, 3.63) is 59.7 Å². The summed E-state index contributed by atoms with van der Waals surface area (Å²) in [5.74, 6) is 0.963. The lowest BCUT2D eigenvalue weighted by atomic mass is 10.1. The molecule has 0 unspecified atom stereocenters. The summed E-state index contributed by atoms with van der Waals surface area (Å²) in [5, 5.41) is 2.51. The third kappa shape index (κ3) is 6.50. The van der Waals surface area contributed by atoms with E-state index in [4.69, 9.17) is 18.9 Å². The summed E-state index contributed by atoms with van der Waals surface area (Å²) in [6, 6.07) is 14.1. The van der Waals surface area contributed by atoms with Crippen LogP contribution in [0.4, 0.5) is 4.79 Å². The summed E-state index contributed by atoms with van der Waals surface area (Å²) in [6.45, 7) is 2.34. The molecule has 0 fully saturated rings. The van der Waals surface area contributed by atoms with Gasteiger partial charge < -0.3 is 24.3 Å². The number of hydrogen-bond acceptors (Lipinski definition) is 6. The second-order valence-electron chi connectivity index (χ2n) is 5.93. The second-order valence-corrected chi connectivity index (χ2v) is 5.93. The van der Waals surface area contributed by atoms with Crippen LogP contribution < -0.4 is 14.8 Å². The van der Waals surface area contributed by atoms with Crippen LogP contribution in [-0.2, 0) is 27.3 Å². The molecule has 0 bridgehead atoms. The predicted octanol–water partition coefficient (Wildman–Crippen LogP) is 3.10. The minimum absolute atomic E-state index is 0.222. The van der Waals surface area contributed by atoms with Crippen molar-refractivity contribution in [3.8, 4) is 11.5 Å². The highest BCUT2D eigenvalue weighted by Gasteiger charge is 2.22. The zero-order valence-electron chi connectivity index (χ0n) is 16.3. The Kier molecular flexibility index (Phi) is 8.14. The van der Waals surface area contributed by atoms with Gasteiger partial charge in [-0.05, 0) is 42.3 Å². The number of alkyl carbamates (subject to hydrolysis) is 1. The van der Waals surface area contributed by atoms with E-state index in [9.17, 15) is 9.59 Å². The normalized spacial score (nSPS) is 11.2. The van der Waals surface area contributed by atoms with Crippen molar-refractivity contribution in [2.75, 3.05) is 20.8 Å². The Morgan fingerprint density at radius 1 is 0.929 bits per heavy atom. The van der Waals surface area contributed by atoms with Gasteiger partial charge in [0.25, 0.3) is 0 Å². The van der Waals surface area contributed by atoms with Gasteiger partial charge in [-0.3, -0.25) is 0 Å². The summed E-state index contributed by atoms with van der Waals surface area (Å²) < 4.78 is 20.5. The van der Waals surface area contributed by atoms with Gasteiger partial charge in [-0.25, -0.2) is 9.59 Å². The van der Waals surface area contributed by atoms with Crippen LogP contribution in [0.25, 0.3) is 0 Å². The fourth-order valence-corrected chi connectivity index (χ4v) is 2.50. The molecule has 0 aliphatic carbocycles. The maximum Gasteiger partial charge on any atom is 0.407 e. The van der Waals surface area contributed by atoms with Crippen LogP contribution in [-0.4, -0.2) is 38.9 Å². The molecule has 0 spiro atoms. The Hall–Kier alpha value is -3.22. The first kappa shape index (κ1) is 21.1. The number of benzene rings is 2. The van der Waals surface area contributed by atoms with Gasteiger partial charge in [0.05, 0.1) is 20.8 Å². The largest absolute Gasteiger partial charge is 0.497 e. The molecule has 7 heteroatoms. The molecule has 2 aromatic carbocycles. The van der Waals surface area contributed by atoms with Crippen molar-refractivity contribution >= 4 is 12.1 Å². The van der Waals surface area contributed by atoms with Crippen molar-refractivity contribution in [2.24, 2.45) is 0 Å². The molecule has 2 aromatic rings. The highest BCUT2D eigenvalue weighted by Crippen LogP contribution is 2.17. The van der Waals surface area contributed by atoms with E-state index in [1.165, 1.54) is 7.11 Å². The molecule has 0 heterocycles. The Labute approximate surface area is 164 Å². The number of amides is 1. The van der Waals surface area contributed by atoms with Gasteiger partial charge in [0.15, 0.2) is 0 Å². The average Bonchev–Trinajstić information content (AvgIpc) is 2.72. The first-order valence-corrected chi connectivity index (χ1v) is 8.91.